The summed E-state index contributed by atoms with van der Waals surface area (Å²) in [6, 6.07) is 62.9. The van der Waals surface area contributed by atoms with Crippen LogP contribution in [0, 0.1) is 0 Å². The van der Waals surface area contributed by atoms with E-state index in [-0.39, 0.29) is 0 Å². The standard InChI is InChI=1S/C46H28/c1-2-12-33-29(11-1)21-22-30-27-31(23-25-34(30)33)45-40-17-7-9-19-42(40)46(43-20-10-8-18-41(43)45)32-24-26-39-37-15-4-3-13-35(37)36-14-5-6-16-38(36)44(39)28-32/h1-28H. The molecule has 0 atom stereocenters. The van der Waals surface area contributed by atoms with Crippen molar-refractivity contribution < 1.29 is 0 Å². The van der Waals surface area contributed by atoms with Gasteiger partial charge in [-0.05, 0) is 110 Å². The topological polar surface area (TPSA) is 0 Å². The number of fused-ring (bicyclic) bond motifs is 11. The third-order valence-electron chi connectivity index (χ3n) is 10.00. The van der Waals surface area contributed by atoms with Crippen LogP contribution in [0.4, 0.5) is 0 Å². The van der Waals surface area contributed by atoms with E-state index < -0.39 is 0 Å². The molecule has 46 heavy (non-hydrogen) atoms. The van der Waals surface area contributed by atoms with Crippen molar-refractivity contribution in [2.24, 2.45) is 0 Å². The Morgan fingerprint density at radius 1 is 0.196 bits per heavy atom. The van der Waals surface area contributed by atoms with E-state index in [9.17, 15) is 0 Å². The molecule has 0 N–H and O–H groups in total. The Labute approximate surface area is 266 Å². The number of hydrogen-bond acceptors (Lipinski definition) is 0. The summed E-state index contributed by atoms with van der Waals surface area (Å²) >= 11 is 0. The lowest BCUT2D eigenvalue weighted by atomic mass is 9.84. The van der Waals surface area contributed by atoms with Crippen LogP contribution in [-0.4, -0.2) is 0 Å². The van der Waals surface area contributed by atoms with Crippen LogP contribution >= 0.6 is 0 Å². The van der Waals surface area contributed by atoms with Crippen LogP contribution in [0.25, 0.3) is 97.7 Å². The first-order valence-corrected chi connectivity index (χ1v) is 16.0. The lowest BCUT2D eigenvalue weighted by Crippen LogP contribution is -1.91. The Kier molecular flexibility index (Phi) is 5.38. The molecular formula is C46H28. The van der Waals surface area contributed by atoms with Crippen LogP contribution < -0.4 is 0 Å². The fourth-order valence-corrected chi connectivity index (χ4v) is 7.98. The second-order valence-electron chi connectivity index (χ2n) is 12.4. The number of hydrogen-bond donors (Lipinski definition) is 0. The summed E-state index contributed by atoms with van der Waals surface area (Å²) in [5, 5.41) is 18.1. The molecule has 10 aromatic carbocycles. The van der Waals surface area contributed by atoms with E-state index in [1.54, 1.807) is 0 Å². The molecule has 0 heteroatoms. The van der Waals surface area contributed by atoms with E-state index in [4.69, 9.17) is 0 Å². The predicted octanol–water partition coefficient (Wildman–Crippen LogP) is 13.1. The van der Waals surface area contributed by atoms with E-state index in [1.807, 2.05) is 0 Å². The summed E-state index contributed by atoms with van der Waals surface area (Å²) in [4.78, 5) is 0. The van der Waals surface area contributed by atoms with Crippen LogP contribution in [0.5, 0.6) is 0 Å². The summed E-state index contributed by atoms with van der Waals surface area (Å²) in [6.45, 7) is 0. The second kappa shape index (κ2) is 9.76. The zero-order valence-corrected chi connectivity index (χ0v) is 25.2. The van der Waals surface area contributed by atoms with Gasteiger partial charge in [-0.25, -0.2) is 0 Å². The molecule has 0 radical (unpaired) electrons. The third-order valence-corrected chi connectivity index (χ3v) is 10.00. The van der Waals surface area contributed by atoms with Crippen LogP contribution in [-0.2, 0) is 0 Å². The fourth-order valence-electron chi connectivity index (χ4n) is 7.98. The first kappa shape index (κ1) is 25.4. The zero-order chi connectivity index (χ0) is 30.2. The molecule has 0 fully saturated rings. The van der Waals surface area contributed by atoms with Gasteiger partial charge in [0.05, 0.1) is 0 Å². The molecule has 0 aliphatic rings. The fraction of sp³-hybridized carbons (Fsp3) is 0. The molecule has 0 aromatic heterocycles. The van der Waals surface area contributed by atoms with E-state index in [0.29, 0.717) is 0 Å². The highest BCUT2D eigenvalue weighted by molar-refractivity contribution is 6.27. The maximum atomic E-state index is 2.43. The third kappa shape index (κ3) is 3.62. The van der Waals surface area contributed by atoms with Crippen molar-refractivity contribution in [3.63, 3.8) is 0 Å². The highest BCUT2D eigenvalue weighted by Gasteiger charge is 2.18. The SMILES string of the molecule is c1ccc2c(c1)ccc1cc(-c3c4ccccc4c(-c4ccc5c6ccccc6c6ccccc6c5c4)c4ccccc34)ccc12. The molecule has 0 saturated heterocycles. The molecule has 0 amide bonds. The predicted molar refractivity (Wildman–Crippen MR) is 200 cm³/mol. The summed E-state index contributed by atoms with van der Waals surface area (Å²) in [5.41, 5.74) is 5.08. The van der Waals surface area contributed by atoms with Crippen LogP contribution in [0.1, 0.15) is 0 Å². The van der Waals surface area contributed by atoms with Crippen LogP contribution in [0.3, 0.4) is 0 Å². The minimum Gasteiger partial charge on any atom is -0.0616 e. The lowest BCUT2D eigenvalue weighted by Gasteiger charge is -2.19. The molecule has 0 unspecified atom stereocenters. The smallest absolute Gasteiger partial charge is 0.00261 e. The Bertz CT molecular complexity index is 2760. The normalized spacial score (nSPS) is 11.9. The molecule has 0 heterocycles. The highest BCUT2D eigenvalue weighted by Crippen LogP contribution is 2.46. The lowest BCUT2D eigenvalue weighted by molar-refractivity contribution is 1.69. The van der Waals surface area contributed by atoms with Crippen molar-refractivity contribution in [3.8, 4) is 22.3 Å². The monoisotopic (exact) mass is 580 g/mol. The van der Waals surface area contributed by atoms with Crippen LogP contribution in [0.2, 0.25) is 0 Å². The van der Waals surface area contributed by atoms with Gasteiger partial charge < -0.3 is 0 Å². The maximum Gasteiger partial charge on any atom is -0.00261 e. The quantitative estimate of drug-likeness (QED) is 0.141. The number of rotatable bonds is 2. The minimum absolute atomic E-state index is 1.25. The van der Waals surface area contributed by atoms with Gasteiger partial charge in [0.2, 0.25) is 0 Å². The van der Waals surface area contributed by atoms with Gasteiger partial charge in [-0.2, -0.15) is 0 Å². The van der Waals surface area contributed by atoms with Gasteiger partial charge in [0, 0.05) is 0 Å². The Hall–Kier alpha value is -5.98. The Morgan fingerprint density at radius 2 is 0.543 bits per heavy atom. The van der Waals surface area contributed by atoms with Crippen molar-refractivity contribution >= 4 is 75.4 Å². The second-order valence-corrected chi connectivity index (χ2v) is 12.4. The number of benzene rings is 10. The maximum absolute atomic E-state index is 2.43. The van der Waals surface area contributed by atoms with E-state index in [2.05, 4.69) is 170 Å². The molecule has 10 rings (SSSR count). The van der Waals surface area contributed by atoms with Crippen molar-refractivity contribution in [3.05, 3.63) is 170 Å². The average molecular weight is 581 g/mol. The molecule has 212 valence electrons. The molecular weight excluding hydrogens is 553 g/mol. The largest absolute Gasteiger partial charge is 0.0616 e. The zero-order valence-electron chi connectivity index (χ0n) is 25.2. The van der Waals surface area contributed by atoms with Crippen molar-refractivity contribution in [2.75, 3.05) is 0 Å². The van der Waals surface area contributed by atoms with Gasteiger partial charge in [-0.3, -0.25) is 0 Å². The first-order valence-electron chi connectivity index (χ1n) is 16.0. The van der Waals surface area contributed by atoms with E-state index in [0.717, 1.165) is 0 Å². The molecule has 0 nitrogen and oxygen atoms in total. The van der Waals surface area contributed by atoms with Gasteiger partial charge in [-0.1, -0.05) is 158 Å². The molecule has 0 bridgehead atoms. The van der Waals surface area contributed by atoms with Crippen molar-refractivity contribution in [1.82, 2.24) is 0 Å². The molecule has 0 aliphatic heterocycles. The van der Waals surface area contributed by atoms with Crippen molar-refractivity contribution in [2.45, 2.75) is 0 Å². The summed E-state index contributed by atoms with van der Waals surface area (Å²) < 4.78 is 0. The Morgan fingerprint density at radius 3 is 1.09 bits per heavy atom. The van der Waals surface area contributed by atoms with E-state index >= 15 is 0 Å². The average Bonchev–Trinajstić information content (AvgIpc) is 3.13. The van der Waals surface area contributed by atoms with E-state index in [1.165, 1.54) is 97.7 Å². The molecule has 0 saturated carbocycles. The highest BCUT2D eigenvalue weighted by atomic mass is 14.2. The summed E-state index contributed by atoms with van der Waals surface area (Å²) in [7, 11) is 0. The van der Waals surface area contributed by atoms with Gasteiger partial charge in [-0.15, -0.1) is 0 Å². The van der Waals surface area contributed by atoms with Gasteiger partial charge in [0.25, 0.3) is 0 Å². The van der Waals surface area contributed by atoms with Crippen molar-refractivity contribution in [1.29, 1.82) is 0 Å². The first-order chi connectivity index (χ1) is 22.8. The minimum atomic E-state index is 1.25. The van der Waals surface area contributed by atoms with Gasteiger partial charge in [0.15, 0.2) is 0 Å². The molecule has 0 spiro atoms. The molecule has 10 aromatic rings. The van der Waals surface area contributed by atoms with Gasteiger partial charge >= 0.3 is 0 Å². The Balaban J connectivity index is 1.28. The summed E-state index contributed by atoms with van der Waals surface area (Å²) in [6.07, 6.45) is 0. The summed E-state index contributed by atoms with van der Waals surface area (Å²) in [5.74, 6) is 0. The van der Waals surface area contributed by atoms with Gasteiger partial charge in [0.1, 0.15) is 0 Å². The molecule has 0 aliphatic carbocycles. The van der Waals surface area contributed by atoms with Crippen LogP contribution in [0.15, 0.2) is 170 Å².